The van der Waals surface area contributed by atoms with E-state index < -0.39 is 20.0 Å². The number of aliphatic hydroxyl groups excluding tert-OH is 1. The lowest BCUT2D eigenvalue weighted by atomic mass is 10.1. The molecule has 1 amide bonds. The summed E-state index contributed by atoms with van der Waals surface area (Å²) in [5.74, 6) is -0.228. The van der Waals surface area contributed by atoms with Gasteiger partial charge in [-0.25, -0.2) is 4.57 Å². The average Bonchev–Trinajstić information content (AvgIpc) is 3.28. The molecule has 0 rings (SSSR count). The van der Waals surface area contributed by atoms with Gasteiger partial charge in [0.15, 0.2) is 0 Å². The van der Waals surface area contributed by atoms with Crippen molar-refractivity contribution in [3.8, 4) is 0 Å². The summed E-state index contributed by atoms with van der Waals surface area (Å²) in [7, 11) is 1.49. The SMILES string of the molecule is C/C=C/CC/C=C/CC/C=C/C(O)C(COP(=O)(O)OCC[N+](C)(C)C)NC(=O)CCCCCC/C=C\C/C=C\C/C=C\C/C=C\C/C=C\C/C=C\C/C=C\C/C=C\C/C=C\C/C=C\CC. The van der Waals surface area contributed by atoms with Crippen LogP contribution in [-0.2, 0) is 18.4 Å². The Morgan fingerprint density at radius 3 is 1.38 bits per heavy atom. The molecule has 0 aliphatic heterocycles. The Balaban J connectivity index is 4.24. The van der Waals surface area contributed by atoms with Crippen LogP contribution in [0.15, 0.2) is 158 Å². The van der Waals surface area contributed by atoms with Crippen LogP contribution in [-0.4, -0.2) is 73.4 Å². The second kappa shape index (κ2) is 46.2. The zero-order valence-electron chi connectivity index (χ0n) is 41.9. The molecule has 0 bridgehead atoms. The highest BCUT2D eigenvalue weighted by atomic mass is 31.2. The van der Waals surface area contributed by atoms with Gasteiger partial charge in [0.25, 0.3) is 0 Å². The van der Waals surface area contributed by atoms with Crippen molar-refractivity contribution in [2.75, 3.05) is 40.9 Å². The molecule has 0 aromatic carbocycles. The molecule has 0 aliphatic rings. The Labute approximate surface area is 403 Å². The molecule has 3 atom stereocenters. The molecule has 370 valence electrons. The Morgan fingerprint density at radius 2 is 0.939 bits per heavy atom. The van der Waals surface area contributed by atoms with Gasteiger partial charge in [-0.2, -0.15) is 0 Å². The lowest BCUT2D eigenvalue weighted by molar-refractivity contribution is -0.870. The number of hydrogen-bond acceptors (Lipinski definition) is 5. The number of aliphatic hydroxyl groups is 1. The number of likely N-dealkylation sites (N-methyl/N-ethyl adjacent to an activating group) is 1. The Hall–Kier alpha value is -3.88. The molecular formula is C57H92N2O6P+. The van der Waals surface area contributed by atoms with Gasteiger partial charge in [0.05, 0.1) is 39.9 Å². The number of quaternary nitrogens is 1. The molecule has 9 heteroatoms. The molecule has 0 aromatic heterocycles. The number of unbranched alkanes of at least 4 members (excludes halogenated alkanes) is 6. The number of rotatable bonds is 42. The van der Waals surface area contributed by atoms with Gasteiger partial charge in [-0.3, -0.25) is 13.8 Å². The Kier molecular flexibility index (Phi) is 43.5. The summed E-state index contributed by atoms with van der Waals surface area (Å²) in [5, 5.41) is 13.7. The van der Waals surface area contributed by atoms with E-state index in [4.69, 9.17) is 9.05 Å². The molecule has 0 heterocycles. The van der Waals surface area contributed by atoms with Crippen molar-refractivity contribution in [2.45, 2.75) is 154 Å². The van der Waals surface area contributed by atoms with Gasteiger partial charge in [-0.05, 0) is 116 Å². The van der Waals surface area contributed by atoms with Crippen LogP contribution in [0.2, 0.25) is 0 Å². The minimum absolute atomic E-state index is 0.0382. The van der Waals surface area contributed by atoms with Crippen LogP contribution in [0.5, 0.6) is 0 Å². The summed E-state index contributed by atoms with van der Waals surface area (Å²) >= 11 is 0. The maximum atomic E-state index is 12.9. The van der Waals surface area contributed by atoms with E-state index in [0.717, 1.165) is 122 Å². The van der Waals surface area contributed by atoms with Gasteiger partial charge >= 0.3 is 7.82 Å². The van der Waals surface area contributed by atoms with E-state index >= 15 is 0 Å². The largest absolute Gasteiger partial charge is 0.472 e. The van der Waals surface area contributed by atoms with Crippen molar-refractivity contribution >= 4 is 13.7 Å². The third-order valence-electron chi connectivity index (χ3n) is 9.80. The summed E-state index contributed by atoms with van der Waals surface area (Å²) < 4.78 is 23.5. The number of phosphoric acid groups is 1. The molecule has 0 saturated carbocycles. The standard InChI is InChI=1S/C57H91N2O6P/c1-6-8-10-12-14-16-17-18-19-20-21-22-23-24-25-26-27-28-29-30-31-32-33-34-35-36-37-38-39-40-41-43-45-47-49-51-57(61)58-55(54-65-66(62,63)64-53-52-59(3,4)5)56(60)50-48-46-44-42-15-13-11-9-7-2/h7-10,14-16,18-19,21-22,24-25,27-28,30-31,33-34,36-37,39-40,42,48,50,55-56,60H,6,11-13,17,20,23,26,29,32,35,38,41,43-47,49,51-54H2,1-5H3,(H-,58,61,62,63)/p+1/b9-7+,10-8-,16-14-,19-18-,22-21-,25-24-,28-27-,31-30-,34-33-,37-36-,40-39-,42-15+,50-48+. The van der Waals surface area contributed by atoms with Gasteiger partial charge in [0.2, 0.25) is 5.91 Å². The number of phosphoric ester groups is 1. The summed E-state index contributed by atoms with van der Waals surface area (Å²) in [4.78, 5) is 23.1. The second-order valence-corrected chi connectivity index (χ2v) is 18.5. The number of nitrogens with one attached hydrogen (secondary N) is 1. The van der Waals surface area contributed by atoms with E-state index in [-0.39, 0.29) is 19.1 Å². The maximum absolute atomic E-state index is 12.9. The van der Waals surface area contributed by atoms with Crippen LogP contribution in [0, 0.1) is 0 Å². The fraction of sp³-hybridized carbons (Fsp3) is 0.526. The maximum Gasteiger partial charge on any atom is 0.472 e. The van der Waals surface area contributed by atoms with Crippen molar-refractivity contribution in [1.29, 1.82) is 0 Å². The number of amides is 1. The minimum Gasteiger partial charge on any atom is -0.387 e. The number of allylic oxidation sites excluding steroid dienone is 25. The van der Waals surface area contributed by atoms with Crippen LogP contribution in [0.25, 0.3) is 0 Å². The Morgan fingerprint density at radius 1 is 0.545 bits per heavy atom. The van der Waals surface area contributed by atoms with E-state index in [9.17, 15) is 19.4 Å². The van der Waals surface area contributed by atoms with Gasteiger partial charge in [-0.15, -0.1) is 0 Å². The van der Waals surface area contributed by atoms with Crippen LogP contribution in [0.1, 0.15) is 142 Å². The second-order valence-electron chi connectivity index (χ2n) is 17.1. The van der Waals surface area contributed by atoms with Crippen molar-refractivity contribution in [3.05, 3.63) is 158 Å². The topological polar surface area (TPSA) is 105 Å². The molecule has 0 saturated heterocycles. The third kappa shape index (κ3) is 48.1. The predicted molar refractivity (Wildman–Crippen MR) is 285 cm³/mol. The number of carbonyl (C=O) groups excluding carboxylic acids is 1. The lowest BCUT2D eigenvalue weighted by Gasteiger charge is -2.25. The Bertz CT molecular complexity index is 1620. The molecule has 0 radical (unpaired) electrons. The number of nitrogens with zero attached hydrogens (tertiary/aromatic N) is 1. The minimum atomic E-state index is -4.36. The first-order chi connectivity index (χ1) is 32.0. The molecule has 3 unspecified atom stereocenters. The highest BCUT2D eigenvalue weighted by Crippen LogP contribution is 2.43. The first kappa shape index (κ1) is 62.1. The molecule has 8 nitrogen and oxygen atoms in total. The monoisotopic (exact) mass is 932 g/mol. The molecule has 0 aromatic rings. The first-order valence-corrected chi connectivity index (χ1v) is 26.3. The summed E-state index contributed by atoms with van der Waals surface area (Å²) in [6, 6.07) is -0.893. The van der Waals surface area contributed by atoms with Crippen molar-refractivity contribution in [3.63, 3.8) is 0 Å². The van der Waals surface area contributed by atoms with Gasteiger partial charge in [0.1, 0.15) is 13.2 Å². The van der Waals surface area contributed by atoms with Crippen LogP contribution in [0.4, 0.5) is 0 Å². The highest BCUT2D eigenvalue weighted by molar-refractivity contribution is 7.47. The van der Waals surface area contributed by atoms with Crippen molar-refractivity contribution in [1.82, 2.24) is 5.32 Å². The van der Waals surface area contributed by atoms with E-state index in [1.807, 2.05) is 40.2 Å². The number of hydrogen-bond donors (Lipinski definition) is 3. The zero-order valence-corrected chi connectivity index (χ0v) is 42.7. The molecule has 66 heavy (non-hydrogen) atoms. The van der Waals surface area contributed by atoms with Gasteiger partial charge in [-0.1, -0.05) is 178 Å². The summed E-state index contributed by atoms with van der Waals surface area (Å²) in [6.45, 7) is 4.37. The first-order valence-electron chi connectivity index (χ1n) is 24.8. The third-order valence-corrected chi connectivity index (χ3v) is 10.8. The molecule has 0 aliphatic carbocycles. The summed E-state index contributed by atoms with van der Waals surface area (Å²) in [5.41, 5.74) is 0. The number of carbonyl (C=O) groups is 1. The predicted octanol–water partition coefficient (Wildman–Crippen LogP) is 14.7. The zero-order chi connectivity index (χ0) is 48.5. The average molecular weight is 932 g/mol. The van der Waals surface area contributed by atoms with Gasteiger partial charge < -0.3 is 19.8 Å². The summed E-state index contributed by atoms with van der Waals surface area (Å²) in [6.07, 6.45) is 73.7. The van der Waals surface area contributed by atoms with Crippen LogP contribution < -0.4 is 5.32 Å². The molecule has 0 fully saturated rings. The van der Waals surface area contributed by atoms with Crippen molar-refractivity contribution in [2.24, 2.45) is 0 Å². The van der Waals surface area contributed by atoms with E-state index in [1.54, 1.807) is 6.08 Å². The van der Waals surface area contributed by atoms with Crippen LogP contribution in [0.3, 0.4) is 0 Å². The van der Waals surface area contributed by atoms with Crippen molar-refractivity contribution < 1.29 is 32.9 Å². The van der Waals surface area contributed by atoms with E-state index in [2.05, 4.69) is 152 Å². The lowest BCUT2D eigenvalue weighted by Crippen LogP contribution is -2.45. The smallest absolute Gasteiger partial charge is 0.387 e. The van der Waals surface area contributed by atoms with E-state index in [1.165, 1.54) is 0 Å². The highest BCUT2D eigenvalue weighted by Gasteiger charge is 2.27. The fourth-order valence-electron chi connectivity index (χ4n) is 5.93. The van der Waals surface area contributed by atoms with Crippen LogP contribution >= 0.6 is 7.82 Å². The van der Waals surface area contributed by atoms with E-state index in [0.29, 0.717) is 17.4 Å². The molecule has 0 spiro atoms. The molecule has 3 N–H and O–H groups in total. The quantitative estimate of drug-likeness (QED) is 0.0244. The fourth-order valence-corrected chi connectivity index (χ4v) is 6.66. The normalized spacial score (nSPS) is 15.4. The van der Waals surface area contributed by atoms with Gasteiger partial charge in [0, 0.05) is 6.42 Å². The molecular weight excluding hydrogens is 840 g/mol.